The fourth-order valence-corrected chi connectivity index (χ4v) is 2.88. The van der Waals surface area contributed by atoms with Crippen LogP contribution in [0, 0.1) is 15.2 Å². The largest absolute Gasteiger partial charge is 0.322 e. The van der Waals surface area contributed by atoms with Crippen molar-refractivity contribution in [2.45, 2.75) is 12.4 Å². The van der Waals surface area contributed by atoms with Crippen LogP contribution in [0.5, 0.6) is 0 Å². The van der Waals surface area contributed by atoms with Crippen molar-refractivity contribution < 1.29 is 8.78 Å². The first kappa shape index (κ1) is 14.7. The zero-order valence-corrected chi connectivity index (χ0v) is 13.7. The third-order valence-corrected chi connectivity index (χ3v) is 4.31. The van der Waals surface area contributed by atoms with E-state index in [0.29, 0.717) is 27.0 Å². The van der Waals surface area contributed by atoms with Crippen molar-refractivity contribution >= 4 is 45.2 Å². The molecule has 0 unspecified atom stereocenters. The molecule has 0 N–H and O–H groups in total. The molecule has 0 amide bonds. The maximum Gasteiger partial charge on any atom is 0.138 e. The molecule has 1 heterocycles. The first-order chi connectivity index (χ1) is 10.1. The fourth-order valence-electron chi connectivity index (χ4n) is 2.22. The highest BCUT2D eigenvalue weighted by atomic mass is 127. The number of hydrogen-bond donors (Lipinski definition) is 0. The molecule has 0 aliphatic carbocycles. The summed E-state index contributed by atoms with van der Waals surface area (Å²) in [6.45, 7) is 0.471. The van der Waals surface area contributed by atoms with Crippen molar-refractivity contribution in [3.05, 3.63) is 63.0 Å². The van der Waals surface area contributed by atoms with Gasteiger partial charge in [0, 0.05) is 12.6 Å². The third kappa shape index (κ3) is 2.89. The van der Waals surface area contributed by atoms with Crippen LogP contribution in [0.15, 0.2) is 36.4 Å². The van der Waals surface area contributed by atoms with Crippen LogP contribution in [0.3, 0.4) is 0 Å². The van der Waals surface area contributed by atoms with Gasteiger partial charge in [-0.1, -0.05) is 12.1 Å². The lowest BCUT2D eigenvalue weighted by atomic mass is 10.2. The summed E-state index contributed by atoms with van der Waals surface area (Å²) in [6.07, 6.45) is 0. The molecule has 2 nitrogen and oxygen atoms in total. The Morgan fingerprint density at radius 2 is 1.86 bits per heavy atom. The van der Waals surface area contributed by atoms with Gasteiger partial charge >= 0.3 is 0 Å². The van der Waals surface area contributed by atoms with E-state index >= 15 is 0 Å². The van der Waals surface area contributed by atoms with E-state index in [1.165, 1.54) is 18.2 Å². The summed E-state index contributed by atoms with van der Waals surface area (Å²) in [5.41, 5.74) is 2.30. The van der Waals surface area contributed by atoms with Gasteiger partial charge < -0.3 is 4.57 Å². The topological polar surface area (TPSA) is 17.8 Å². The minimum Gasteiger partial charge on any atom is -0.322 e. The SMILES string of the molecule is Fc1ccc(Cn2c(CCl)nc3cc(I)c(F)cc32)cc1. The highest BCUT2D eigenvalue weighted by Crippen LogP contribution is 2.23. The van der Waals surface area contributed by atoms with Crippen LogP contribution in [-0.2, 0) is 12.4 Å². The number of hydrogen-bond acceptors (Lipinski definition) is 1. The second kappa shape index (κ2) is 5.88. The average molecular weight is 419 g/mol. The summed E-state index contributed by atoms with van der Waals surface area (Å²) in [5.74, 6) is 0.322. The molecule has 0 spiro atoms. The summed E-state index contributed by atoms with van der Waals surface area (Å²) < 4.78 is 29.1. The van der Waals surface area contributed by atoms with E-state index in [9.17, 15) is 8.78 Å². The number of imidazole rings is 1. The van der Waals surface area contributed by atoms with Crippen molar-refractivity contribution in [1.29, 1.82) is 0 Å². The highest BCUT2D eigenvalue weighted by molar-refractivity contribution is 14.1. The van der Waals surface area contributed by atoms with E-state index in [0.717, 1.165) is 5.56 Å². The molecule has 0 aliphatic heterocycles. The van der Waals surface area contributed by atoms with Gasteiger partial charge in [-0.15, -0.1) is 11.6 Å². The Hall–Kier alpha value is -1.21. The molecule has 0 aliphatic rings. The normalized spacial score (nSPS) is 11.2. The van der Waals surface area contributed by atoms with Crippen LogP contribution >= 0.6 is 34.2 Å². The molecule has 21 heavy (non-hydrogen) atoms. The van der Waals surface area contributed by atoms with Crippen LogP contribution in [-0.4, -0.2) is 9.55 Å². The molecule has 3 rings (SSSR count). The van der Waals surface area contributed by atoms with Crippen molar-refractivity contribution in [3.63, 3.8) is 0 Å². The summed E-state index contributed by atoms with van der Waals surface area (Å²) in [5, 5.41) is 0. The van der Waals surface area contributed by atoms with Gasteiger partial charge in [0.05, 0.1) is 20.5 Å². The van der Waals surface area contributed by atoms with Gasteiger partial charge in [0.1, 0.15) is 17.5 Å². The monoisotopic (exact) mass is 418 g/mol. The van der Waals surface area contributed by atoms with Gasteiger partial charge in [0.25, 0.3) is 0 Å². The Morgan fingerprint density at radius 1 is 1.14 bits per heavy atom. The second-order valence-electron chi connectivity index (χ2n) is 4.63. The van der Waals surface area contributed by atoms with Crippen molar-refractivity contribution in [2.24, 2.45) is 0 Å². The predicted octanol–water partition coefficient (Wildman–Crippen LogP) is 4.71. The maximum absolute atomic E-state index is 13.8. The lowest BCUT2D eigenvalue weighted by Gasteiger charge is -2.08. The summed E-state index contributed by atoms with van der Waals surface area (Å²) in [4.78, 5) is 4.43. The molecular weight excluding hydrogens is 409 g/mol. The quantitative estimate of drug-likeness (QED) is 0.445. The number of halogens is 4. The second-order valence-corrected chi connectivity index (χ2v) is 6.06. The van der Waals surface area contributed by atoms with Gasteiger partial charge in [0.15, 0.2) is 0 Å². The third-order valence-electron chi connectivity index (χ3n) is 3.24. The van der Waals surface area contributed by atoms with Crippen LogP contribution in [0.25, 0.3) is 11.0 Å². The van der Waals surface area contributed by atoms with Gasteiger partial charge in [0.2, 0.25) is 0 Å². The summed E-state index contributed by atoms with van der Waals surface area (Å²) in [6, 6.07) is 9.35. The van der Waals surface area contributed by atoms with E-state index in [1.807, 2.05) is 27.2 Å². The highest BCUT2D eigenvalue weighted by Gasteiger charge is 2.13. The van der Waals surface area contributed by atoms with Crippen LogP contribution < -0.4 is 0 Å². The number of aromatic nitrogens is 2. The standard InChI is InChI=1S/C15H10ClF2IN2/c16-7-15-20-13-6-12(19)11(18)5-14(13)21(15)8-9-1-3-10(17)4-2-9/h1-6H,7-8H2. The van der Waals surface area contributed by atoms with E-state index in [2.05, 4.69) is 4.98 Å². The Kier molecular flexibility index (Phi) is 4.12. The summed E-state index contributed by atoms with van der Waals surface area (Å²) in [7, 11) is 0. The lowest BCUT2D eigenvalue weighted by Crippen LogP contribution is -2.04. The lowest BCUT2D eigenvalue weighted by molar-refractivity contribution is 0.620. The number of alkyl halides is 1. The minimum absolute atomic E-state index is 0.230. The first-order valence-electron chi connectivity index (χ1n) is 6.23. The Labute approximate surface area is 138 Å². The first-order valence-corrected chi connectivity index (χ1v) is 7.84. The van der Waals surface area contributed by atoms with Crippen LogP contribution in [0.1, 0.15) is 11.4 Å². The van der Waals surface area contributed by atoms with E-state index in [1.54, 1.807) is 18.2 Å². The van der Waals surface area contributed by atoms with Gasteiger partial charge in [-0.05, 0) is 46.4 Å². The smallest absolute Gasteiger partial charge is 0.138 e. The molecule has 0 saturated heterocycles. The molecule has 1 aromatic heterocycles. The Balaban J connectivity index is 2.11. The predicted molar refractivity (Wildman–Crippen MR) is 87.5 cm³/mol. The Bertz CT molecular complexity index is 800. The number of rotatable bonds is 3. The van der Waals surface area contributed by atoms with Gasteiger partial charge in [-0.3, -0.25) is 0 Å². The zero-order chi connectivity index (χ0) is 15.0. The van der Waals surface area contributed by atoms with Crippen molar-refractivity contribution in [2.75, 3.05) is 0 Å². The molecule has 3 aromatic rings. The molecular formula is C15H10ClF2IN2. The van der Waals surface area contributed by atoms with E-state index < -0.39 is 0 Å². The molecule has 2 aromatic carbocycles. The molecule has 0 bridgehead atoms. The van der Waals surface area contributed by atoms with Crippen molar-refractivity contribution in [1.82, 2.24) is 9.55 Å². The number of benzene rings is 2. The molecule has 0 radical (unpaired) electrons. The van der Waals surface area contributed by atoms with Gasteiger partial charge in [-0.2, -0.15) is 0 Å². The van der Waals surface area contributed by atoms with Crippen LogP contribution in [0.2, 0.25) is 0 Å². The number of fused-ring (bicyclic) bond motifs is 1. The average Bonchev–Trinajstić information content (AvgIpc) is 2.79. The Morgan fingerprint density at radius 3 is 2.52 bits per heavy atom. The molecule has 0 saturated carbocycles. The molecule has 0 atom stereocenters. The fraction of sp³-hybridized carbons (Fsp3) is 0.133. The molecule has 0 fully saturated rings. The zero-order valence-electron chi connectivity index (χ0n) is 10.8. The van der Waals surface area contributed by atoms with Crippen molar-refractivity contribution in [3.8, 4) is 0 Å². The minimum atomic E-state index is -0.288. The maximum atomic E-state index is 13.8. The summed E-state index contributed by atoms with van der Waals surface area (Å²) >= 11 is 7.87. The van der Waals surface area contributed by atoms with E-state index in [4.69, 9.17) is 11.6 Å². The number of nitrogens with zero attached hydrogens (tertiary/aromatic N) is 2. The molecule has 108 valence electrons. The van der Waals surface area contributed by atoms with Crippen LogP contribution in [0.4, 0.5) is 8.78 Å². The van der Waals surface area contributed by atoms with Gasteiger partial charge in [-0.25, -0.2) is 13.8 Å². The molecule has 6 heteroatoms. The van der Waals surface area contributed by atoms with E-state index in [-0.39, 0.29) is 17.5 Å².